The highest BCUT2D eigenvalue weighted by Gasteiger charge is 2.27. The lowest BCUT2D eigenvalue weighted by molar-refractivity contribution is -0.129. The maximum absolute atomic E-state index is 13.5. The van der Waals surface area contributed by atoms with Gasteiger partial charge >= 0.3 is 0 Å². The van der Waals surface area contributed by atoms with Gasteiger partial charge in [0.05, 0.1) is 12.1 Å². The molecule has 0 aliphatic carbocycles. The highest BCUT2D eigenvalue weighted by molar-refractivity contribution is 5.79. The molecule has 1 aliphatic rings. The smallest absolute Gasteiger partial charge is 0.226 e. The third kappa shape index (κ3) is 4.45. The Hall–Kier alpha value is -3.20. The highest BCUT2D eigenvalue weighted by Crippen LogP contribution is 2.18. The summed E-state index contributed by atoms with van der Waals surface area (Å²) < 4.78 is 19.3. The van der Waals surface area contributed by atoms with E-state index in [9.17, 15) is 9.18 Å². The summed E-state index contributed by atoms with van der Waals surface area (Å²) in [6, 6.07) is 11.7. The van der Waals surface area contributed by atoms with Crippen molar-refractivity contribution >= 4 is 12.0 Å². The van der Waals surface area contributed by atoms with E-state index in [0.717, 1.165) is 6.42 Å². The number of hydrogen-bond donors (Lipinski definition) is 0. The van der Waals surface area contributed by atoms with Crippen LogP contribution in [-0.4, -0.2) is 35.0 Å². The van der Waals surface area contributed by atoms with Gasteiger partial charge in [-0.3, -0.25) is 4.79 Å². The average Bonchev–Trinajstić information content (AvgIpc) is 3.12. The fraction of sp³-hybridized carbons (Fsp3) is 0.250. The number of carbonyl (C=O) groups excluding carboxylic acids is 1. The van der Waals surface area contributed by atoms with Crippen molar-refractivity contribution in [3.8, 4) is 11.9 Å². The molecule has 1 saturated heterocycles. The molecular formula is C20H18FN3O2. The van der Waals surface area contributed by atoms with Crippen molar-refractivity contribution in [3.63, 3.8) is 0 Å². The van der Waals surface area contributed by atoms with Gasteiger partial charge in [-0.25, -0.2) is 9.37 Å². The number of nitrogens with zero attached hydrogens (tertiary/aromatic N) is 3. The first-order chi connectivity index (χ1) is 12.7. The van der Waals surface area contributed by atoms with Crippen LogP contribution in [0.3, 0.4) is 0 Å². The van der Waals surface area contributed by atoms with Crippen LogP contribution in [0.4, 0.5) is 4.39 Å². The van der Waals surface area contributed by atoms with Crippen molar-refractivity contribution in [2.45, 2.75) is 18.9 Å². The first-order valence-electron chi connectivity index (χ1n) is 8.37. The zero-order valence-electron chi connectivity index (χ0n) is 14.1. The van der Waals surface area contributed by atoms with Crippen molar-refractivity contribution in [3.05, 3.63) is 65.6 Å². The van der Waals surface area contributed by atoms with Crippen LogP contribution in [0.5, 0.6) is 5.88 Å². The van der Waals surface area contributed by atoms with E-state index in [4.69, 9.17) is 10.00 Å². The minimum absolute atomic E-state index is 0.0172. The summed E-state index contributed by atoms with van der Waals surface area (Å²) in [5, 5.41) is 8.77. The number of rotatable bonds is 5. The number of carbonyl (C=O) groups is 1. The highest BCUT2D eigenvalue weighted by atomic mass is 19.1. The lowest BCUT2D eigenvalue weighted by Gasteiger charge is -2.16. The fourth-order valence-electron chi connectivity index (χ4n) is 2.76. The molecule has 132 valence electrons. The lowest BCUT2D eigenvalue weighted by Crippen LogP contribution is -2.30. The minimum Gasteiger partial charge on any atom is -0.472 e. The Kier molecular flexibility index (Phi) is 5.59. The molecule has 2 heterocycles. The second-order valence-corrected chi connectivity index (χ2v) is 5.99. The van der Waals surface area contributed by atoms with E-state index in [1.54, 1.807) is 47.4 Å². The van der Waals surface area contributed by atoms with Crippen molar-refractivity contribution < 1.29 is 13.9 Å². The normalized spacial score (nSPS) is 16.6. The van der Waals surface area contributed by atoms with E-state index < -0.39 is 0 Å². The molecular weight excluding hydrogens is 333 g/mol. The predicted molar refractivity (Wildman–Crippen MR) is 94.6 cm³/mol. The third-order valence-electron chi connectivity index (χ3n) is 4.15. The Morgan fingerprint density at radius 1 is 1.38 bits per heavy atom. The second-order valence-electron chi connectivity index (χ2n) is 5.99. The largest absolute Gasteiger partial charge is 0.472 e. The molecule has 0 N–H and O–H groups in total. The second kappa shape index (κ2) is 8.26. The Morgan fingerprint density at radius 2 is 2.23 bits per heavy atom. The van der Waals surface area contributed by atoms with Crippen molar-refractivity contribution in [1.29, 1.82) is 5.26 Å². The van der Waals surface area contributed by atoms with Crippen LogP contribution in [0, 0.1) is 17.1 Å². The number of aromatic nitrogens is 1. The van der Waals surface area contributed by atoms with Gasteiger partial charge in [-0.2, -0.15) is 5.26 Å². The number of likely N-dealkylation sites (tertiary alicyclic amines) is 1. The maximum atomic E-state index is 13.5. The summed E-state index contributed by atoms with van der Waals surface area (Å²) in [5.41, 5.74) is 0.942. The summed E-state index contributed by atoms with van der Waals surface area (Å²) in [6.45, 7) is 1.11. The van der Waals surface area contributed by atoms with Crippen molar-refractivity contribution in [2.24, 2.45) is 0 Å². The van der Waals surface area contributed by atoms with Crippen LogP contribution in [0.2, 0.25) is 0 Å². The van der Waals surface area contributed by atoms with Crippen LogP contribution in [0.1, 0.15) is 24.0 Å². The molecule has 0 bridgehead atoms. The van der Waals surface area contributed by atoms with Crippen LogP contribution in [0.25, 0.3) is 6.08 Å². The van der Waals surface area contributed by atoms with E-state index in [1.807, 2.05) is 6.07 Å². The molecule has 1 fully saturated rings. The van der Waals surface area contributed by atoms with Gasteiger partial charge in [-0.1, -0.05) is 30.4 Å². The first-order valence-corrected chi connectivity index (χ1v) is 8.37. The molecule has 5 nitrogen and oxygen atoms in total. The molecule has 0 radical (unpaired) electrons. The molecule has 2 aromatic rings. The molecule has 1 amide bonds. The lowest BCUT2D eigenvalue weighted by atomic mass is 10.2. The Balaban J connectivity index is 1.49. The Morgan fingerprint density at radius 3 is 2.96 bits per heavy atom. The van der Waals surface area contributed by atoms with Gasteiger partial charge in [0, 0.05) is 37.2 Å². The average molecular weight is 351 g/mol. The standard InChI is InChI=1S/C20H18FN3O2/c21-18-6-2-1-4-16(18)5-3-7-20(25)24-11-10-17(14-24)26-19-9-8-15(12-22)13-23-19/h1-6,8-9,13,17H,7,10-11,14H2/b5-3+. The molecule has 1 aromatic carbocycles. The summed E-state index contributed by atoms with van der Waals surface area (Å²) in [6.07, 6.45) is 5.59. The third-order valence-corrected chi connectivity index (χ3v) is 4.15. The molecule has 1 aliphatic heterocycles. The zero-order chi connectivity index (χ0) is 18.4. The Bertz CT molecular complexity index is 843. The van der Waals surface area contributed by atoms with Gasteiger partial charge in [0.1, 0.15) is 18.0 Å². The van der Waals surface area contributed by atoms with Crippen molar-refractivity contribution in [2.75, 3.05) is 13.1 Å². The monoisotopic (exact) mass is 351 g/mol. The van der Waals surface area contributed by atoms with E-state index in [0.29, 0.717) is 30.1 Å². The molecule has 26 heavy (non-hydrogen) atoms. The molecule has 1 unspecified atom stereocenters. The predicted octanol–water partition coefficient (Wildman–Crippen LogP) is 3.18. The molecule has 3 rings (SSSR count). The quantitative estimate of drug-likeness (QED) is 0.830. The number of hydrogen-bond acceptors (Lipinski definition) is 4. The SMILES string of the molecule is N#Cc1ccc(OC2CCN(C(=O)C/C=C/c3ccccc3F)C2)nc1. The molecule has 6 heteroatoms. The molecule has 0 saturated carbocycles. The van der Waals surface area contributed by atoms with Gasteiger partial charge in [0.2, 0.25) is 11.8 Å². The van der Waals surface area contributed by atoms with E-state index in [2.05, 4.69) is 4.98 Å². The first kappa shape index (κ1) is 17.6. The number of pyridine rings is 1. The molecule has 0 spiro atoms. The number of halogens is 1. The zero-order valence-corrected chi connectivity index (χ0v) is 14.1. The van der Waals surface area contributed by atoms with Crippen LogP contribution >= 0.6 is 0 Å². The summed E-state index contributed by atoms with van der Waals surface area (Å²) >= 11 is 0. The number of benzene rings is 1. The van der Waals surface area contributed by atoms with Gasteiger partial charge in [0.25, 0.3) is 0 Å². The van der Waals surface area contributed by atoms with Crippen LogP contribution in [-0.2, 0) is 4.79 Å². The van der Waals surface area contributed by atoms with Gasteiger partial charge in [-0.05, 0) is 12.1 Å². The van der Waals surface area contributed by atoms with E-state index >= 15 is 0 Å². The summed E-state index contributed by atoms with van der Waals surface area (Å²) in [7, 11) is 0. The number of amides is 1. The maximum Gasteiger partial charge on any atom is 0.226 e. The van der Waals surface area contributed by atoms with Gasteiger partial charge in [-0.15, -0.1) is 0 Å². The topological polar surface area (TPSA) is 66.2 Å². The van der Waals surface area contributed by atoms with E-state index in [-0.39, 0.29) is 24.2 Å². The fourth-order valence-corrected chi connectivity index (χ4v) is 2.76. The van der Waals surface area contributed by atoms with E-state index in [1.165, 1.54) is 12.3 Å². The van der Waals surface area contributed by atoms with Crippen LogP contribution in [0.15, 0.2) is 48.7 Å². The number of nitriles is 1. The van der Waals surface area contributed by atoms with Gasteiger partial charge in [0.15, 0.2) is 0 Å². The number of ether oxygens (including phenoxy) is 1. The van der Waals surface area contributed by atoms with Crippen molar-refractivity contribution in [1.82, 2.24) is 9.88 Å². The molecule has 1 aromatic heterocycles. The van der Waals surface area contributed by atoms with Gasteiger partial charge < -0.3 is 9.64 Å². The Labute approximate surface area is 151 Å². The minimum atomic E-state index is -0.305. The van der Waals surface area contributed by atoms with Crippen LogP contribution < -0.4 is 4.74 Å². The molecule has 1 atom stereocenters. The summed E-state index contributed by atoms with van der Waals surface area (Å²) in [4.78, 5) is 18.1. The summed E-state index contributed by atoms with van der Waals surface area (Å²) in [5.74, 6) is 0.125.